The third kappa shape index (κ3) is 5.51. The van der Waals surface area contributed by atoms with E-state index in [4.69, 9.17) is 9.47 Å². The Kier molecular flexibility index (Phi) is 7.02. The average molecular weight is 357 g/mol. The van der Waals surface area contributed by atoms with E-state index in [-0.39, 0.29) is 12.5 Å². The number of ether oxygens (including phenoxy) is 2. The number of carboxylic acid groups (broad SMARTS) is 1. The zero-order valence-electron chi connectivity index (χ0n) is 14.9. The molecule has 1 unspecified atom stereocenters. The standard InChI is InChI=1S/C20H23NO5/c1-3-26-17-9-7-14(8-10-17)11-16(20(23)24)13-21-19(22)15-5-4-6-18(12-15)25-2/h4-10,12,16H,3,11,13H2,1-2H3,(H,21,22)(H,23,24). The fourth-order valence-corrected chi connectivity index (χ4v) is 2.50. The van der Waals surface area contributed by atoms with Crippen LogP contribution in [0.5, 0.6) is 11.5 Å². The molecule has 26 heavy (non-hydrogen) atoms. The second-order valence-electron chi connectivity index (χ2n) is 5.76. The molecule has 1 amide bonds. The quantitative estimate of drug-likeness (QED) is 0.721. The number of hydrogen-bond donors (Lipinski definition) is 2. The molecule has 0 aliphatic heterocycles. The lowest BCUT2D eigenvalue weighted by Gasteiger charge is -2.14. The summed E-state index contributed by atoms with van der Waals surface area (Å²) in [5.41, 5.74) is 1.30. The summed E-state index contributed by atoms with van der Waals surface area (Å²) in [7, 11) is 1.52. The summed E-state index contributed by atoms with van der Waals surface area (Å²) >= 11 is 0. The number of rotatable bonds is 9. The van der Waals surface area contributed by atoms with E-state index < -0.39 is 11.9 Å². The molecule has 0 heterocycles. The molecule has 0 saturated heterocycles. The van der Waals surface area contributed by atoms with E-state index in [1.165, 1.54) is 7.11 Å². The Labute approximate surface area is 152 Å². The first-order valence-corrected chi connectivity index (χ1v) is 8.40. The number of amides is 1. The fraction of sp³-hybridized carbons (Fsp3) is 0.300. The van der Waals surface area contributed by atoms with Crippen LogP contribution in [0.3, 0.4) is 0 Å². The zero-order valence-corrected chi connectivity index (χ0v) is 14.9. The summed E-state index contributed by atoms with van der Waals surface area (Å²) < 4.78 is 10.5. The zero-order chi connectivity index (χ0) is 18.9. The van der Waals surface area contributed by atoms with Gasteiger partial charge in [-0.05, 0) is 49.2 Å². The van der Waals surface area contributed by atoms with Crippen molar-refractivity contribution >= 4 is 11.9 Å². The monoisotopic (exact) mass is 357 g/mol. The molecule has 0 fully saturated rings. The molecule has 2 N–H and O–H groups in total. The van der Waals surface area contributed by atoms with Gasteiger partial charge in [0.2, 0.25) is 0 Å². The Morgan fingerprint density at radius 3 is 2.46 bits per heavy atom. The van der Waals surface area contributed by atoms with E-state index in [1.807, 2.05) is 31.2 Å². The van der Waals surface area contributed by atoms with Gasteiger partial charge in [-0.2, -0.15) is 0 Å². The highest BCUT2D eigenvalue weighted by atomic mass is 16.5. The van der Waals surface area contributed by atoms with Crippen LogP contribution in [0, 0.1) is 5.92 Å². The van der Waals surface area contributed by atoms with E-state index in [9.17, 15) is 14.7 Å². The van der Waals surface area contributed by atoms with Crippen LogP contribution in [-0.2, 0) is 11.2 Å². The van der Waals surface area contributed by atoms with Crippen molar-refractivity contribution in [2.75, 3.05) is 20.3 Å². The Morgan fingerprint density at radius 2 is 1.85 bits per heavy atom. The van der Waals surface area contributed by atoms with Crippen molar-refractivity contribution in [3.63, 3.8) is 0 Å². The van der Waals surface area contributed by atoms with Crippen LogP contribution in [0.1, 0.15) is 22.8 Å². The van der Waals surface area contributed by atoms with Gasteiger partial charge >= 0.3 is 5.97 Å². The third-order valence-electron chi connectivity index (χ3n) is 3.91. The van der Waals surface area contributed by atoms with E-state index in [2.05, 4.69) is 5.32 Å². The number of methoxy groups -OCH3 is 1. The molecular formula is C20H23NO5. The predicted molar refractivity (Wildman–Crippen MR) is 97.8 cm³/mol. The largest absolute Gasteiger partial charge is 0.497 e. The molecule has 0 aliphatic carbocycles. The summed E-state index contributed by atoms with van der Waals surface area (Å²) in [6.07, 6.45) is 0.320. The van der Waals surface area contributed by atoms with Crippen molar-refractivity contribution in [1.29, 1.82) is 0 Å². The minimum atomic E-state index is -0.954. The number of benzene rings is 2. The third-order valence-corrected chi connectivity index (χ3v) is 3.91. The highest BCUT2D eigenvalue weighted by molar-refractivity contribution is 5.94. The Balaban J connectivity index is 1.97. The van der Waals surface area contributed by atoms with Gasteiger partial charge in [0.05, 0.1) is 19.6 Å². The molecule has 0 aromatic heterocycles. The second-order valence-corrected chi connectivity index (χ2v) is 5.76. The minimum absolute atomic E-state index is 0.0403. The van der Waals surface area contributed by atoms with Crippen LogP contribution in [0.25, 0.3) is 0 Å². The molecule has 0 aliphatic rings. The lowest BCUT2D eigenvalue weighted by atomic mass is 9.99. The van der Waals surface area contributed by atoms with Gasteiger partial charge in [0.25, 0.3) is 5.91 Å². The van der Waals surface area contributed by atoms with Gasteiger partial charge in [0.1, 0.15) is 11.5 Å². The van der Waals surface area contributed by atoms with Crippen molar-refractivity contribution in [2.24, 2.45) is 5.92 Å². The number of carboxylic acids is 1. The first-order chi connectivity index (χ1) is 12.5. The van der Waals surface area contributed by atoms with E-state index in [0.717, 1.165) is 11.3 Å². The maximum Gasteiger partial charge on any atom is 0.308 e. The van der Waals surface area contributed by atoms with Gasteiger partial charge < -0.3 is 19.9 Å². The molecule has 2 aromatic rings. The summed E-state index contributed by atoms with van der Waals surface area (Å²) in [6.45, 7) is 2.52. The van der Waals surface area contributed by atoms with Crippen LogP contribution in [0.2, 0.25) is 0 Å². The van der Waals surface area contributed by atoms with Crippen molar-refractivity contribution in [1.82, 2.24) is 5.32 Å². The second kappa shape index (κ2) is 9.46. The van der Waals surface area contributed by atoms with Gasteiger partial charge in [-0.3, -0.25) is 9.59 Å². The first kappa shape index (κ1) is 19.3. The van der Waals surface area contributed by atoms with E-state index in [1.54, 1.807) is 24.3 Å². The first-order valence-electron chi connectivity index (χ1n) is 8.40. The molecule has 2 rings (SSSR count). The topological polar surface area (TPSA) is 84.9 Å². The molecule has 6 nitrogen and oxygen atoms in total. The molecule has 0 spiro atoms. The molecule has 0 saturated carbocycles. The molecular weight excluding hydrogens is 334 g/mol. The van der Waals surface area contributed by atoms with Crippen molar-refractivity contribution in [2.45, 2.75) is 13.3 Å². The maximum absolute atomic E-state index is 12.2. The van der Waals surface area contributed by atoms with Crippen LogP contribution in [0.4, 0.5) is 0 Å². The number of aliphatic carboxylic acids is 1. The predicted octanol–water partition coefficient (Wildman–Crippen LogP) is 2.77. The number of carbonyl (C=O) groups excluding carboxylic acids is 1. The van der Waals surface area contributed by atoms with Crippen LogP contribution >= 0.6 is 0 Å². The molecule has 0 bridgehead atoms. The Bertz CT molecular complexity index is 742. The van der Waals surface area contributed by atoms with Gasteiger partial charge in [0, 0.05) is 12.1 Å². The average Bonchev–Trinajstić information content (AvgIpc) is 2.66. The Hall–Kier alpha value is -3.02. The SMILES string of the molecule is CCOc1ccc(CC(CNC(=O)c2cccc(OC)c2)C(=O)O)cc1. The lowest BCUT2D eigenvalue weighted by molar-refractivity contribution is -0.141. The van der Waals surface area contributed by atoms with Crippen molar-refractivity contribution in [3.05, 3.63) is 59.7 Å². The van der Waals surface area contributed by atoms with Crippen LogP contribution in [0.15, 0.2) is 48.5 Å². The van der Waals surface area contributed by atoms with Gasteiger partial charge in [-0.1, -0.05) is 18.2 Å². The summed E-state index contributed by atoms with van der Waals surface area (Å²) in [5, 5.41) is 12.1. The lowest BCUT2D eigenvalue weighted by Crippen LogP contribution is -2.34. The van der Waals surface area contributed by atoms with Gasteiger partial charge in [-0.15, -0.1) is 0 Å². The van der Waals surface area contributed by atoms with Gasteiger partial charge in [-0.25, -0.2) is 0 Å². The Morgan fingerprint density at radius 1 is 1.12 bits per heavy atom. The number of nitrogens with one attached hydrogen (secondary N) is 1. The number of carbonyl (C=O) groups is 2. The highest BCUT2D eigenvalue weighted by Gasteiger charge is 2.19. The maximum atomic E-state index is 12.2. The molecule has 6 heteroatoms. The molecule has 2 aromatic carbocycles. The van der Waals surface area contributed by atoms with Gasteiger partial charge in [0.15, 0.2) is 0 Å². The smallest absolute Gasteiger partial charge is 0.308 e. The number of hydrogen-bond acceptors (Lipinski definition) is 4. The van der Waals surface area contributed by atoms with E-state index >= 15 is 0 Å². The summed E-state index contributed by atoms with van der Waals surface area (Å²) in [4.78, 5) is 23.8. The molecule has 138 valence electrons. The minimum Gasteiger partial charge on any atom is -0.497 e. The fourth-order valence-electron chi connectivity index (χ4n) is 2.50. The van der Waals surface area contributed by atoms with Crippen molar-refractivity contribution in [3.8, 4) is 11.5 Å². The molecule has 1 atom stereocenters. The summed E-state index contributed by atoms with van der Waals surface area (Å²) in [5.74, 6) is -0.689. The van der Waals surface area contributed by atoms with E-state index in [0.29, 0.717) is 24.3 Å². The van der Waals surface area contributed by atoms with Crippen molar-refractivity contribution < 1.29 is 24.2 Å². The normalized spacial score (nSPS) is 11.5. The summed E-state index contributed by atoms with van der Waals surface area (Å²) in [6, 6.07) is 14.0. The van der Waals surface area contributed by atoms with Crippen LogP contribution in [-0.4, -0.2) is 37.2 Å². The highest BCUT2D eigenvalue weighted by Crippen LogP contribution is 2.16. The van der Waals surface area contributed by atoms with Crippen LogP contribution < -0.4 is 14.8 Å². The molecule has 0 radical (unpaired) electrons.